The number of methoxy groups -OCH3 is 1. The minimum Gasteiger partial charge on any atom is -0.493 e. The second-order valence-corrected chi connectivity index (χ2v) is 7.23. The van der Waals surface area contributed by atoms with Crippen molar-refractivity contribution in [2.45, 2.75) is 13.2 Å². The molecule has 0 aliphatic rings. The van der Waals surface area contributed by atoms with Crippen molar-refractivity contribution in [1.82, 2.24) is 5.43 Å². The van der Waals surface area contributed by atoms with Crippen LogP contribution >= 0.6 is 23.2 Å². The molecular formula is C22H19Cl2N3O4. The van der Waals surface area contributed by atoms with Crippen molar-refractivity contribution in [3.63, 3.8) is 0 Å². The molecule has 3 rings (SSSR count). The number of ether oxygens (including phenoxy) is 2. The quantitative estimate of drug-likeness (QED) is 0.255. The highest BCUT2D eigenvalue weighted by Crippen LogP contribution is 2.28. The van der Waals surface area contributed by atoms with E-state index in [-0.39, 0.29) is 12.3 Å². The number of rotatable bonds is 9. The van der Waals surface area contributed by atoms with Crippen molar-refractivity contribution in [2.24, 2.45) is 5.10 Å². The molecule has 3 aromatic carbocycles. The zero-order valence-electron chi connectivity index (χ0n) is 16.5. The van der Waals surface area contributed by atoms with Crippen LogP contribution in [0.1, 0.15) is 16.7 Å². The summed E-state index contributed by atoms with van der Waals surface area (Å²) in [5.74, 6) is 1.09. The van der Waals surface area contributed by atoms with Gasteiger partial charge in [-0.2, -0.15) is 5.10 Å². The Morgan fingerprint density at radius 3 is 2.42 bits per heavy atom. The van der Waals surface area contributed by atoms with Gasteiger partial charge in [0.2, 0.25) is 0 Å². The summed E-state index contributed by atoms with van der Waals surface area (Å²) in [4.78, 5) is 10.3. The molecule has 0 saturated heterocycles. The highest BCUT2D eigenvalue weighted by atomic mass is 35.5. The summed E-state index contributed by atoms with van der Waals surface area (Å²) in [5, 5.41) is 16.1. The van der Waals surface area contributed by atoms with Gasteiger partial charge in [-0.3, -0.25) is 10.1 Å². The van der Waals surface area contributed by atoms with E-state index in [0.717, 1.165) is 16.7 Å². The van der Waals surface area contributed by atoms with Gasteiger partial charge in [0.25, 0.3) is 5.69 Å². The Labute approximate surface area is 189 Å². The van der Waals surface area contributed by atoms with Gasteiger partial charge >= 0.3 is 0 Å². The fourth-order valence-corrected chi connectivity index (χ4v) is 3.24. The van der Waals surface area contributed by atoms with Crippen LogP contribution in [0.4, 0.5) is 5.69 Å². The molecule has 0 bridgehead atoms. The fraction of sp³-hybridized carbons (Fsp3) is 0.136. The predicted molar refractivity (Wildman–Crippen MR) is 121 cm³/mol. The summed E-state index contributed by atoms with van der Waals surface area (Å²) in [6, 6.07) is 16.9. The van der Waals surface area contributed by atoms with Crippen LogP contribution in [0.25, 0.3) is 0 Å². The third-order valence-corrected chi connectivity index (χ3v) is 5.06. The first-order valence-electron chi connectivity index (χ1n) is 9.21. The number of benzene rings is 3. The molecule has 0 fully saturated rings. The van der Waals surface area contributed by atoms with E-state index >= 15 is 0 Å². The van der Waals surface area contributed by atoms with Gasteiger partial charge in [0.15, 0.2) is 11.5 Å². The molecular weight excluding hydrogens is 441 g/mol. The molecule has 0 aromatic heterocycles. The Morgan fingerprint density at radius 2 is 1.77 bits per heavy atom. The van der Waals surface area contributed by atoms with Gasteiger partial charge in [-0.1, -0.05) is 29.3 Å². The Balaban J connectivity index is 1.60. The summed E-state index contributed by atoms with van der Waals surface area (Å²) in [7, 11) is 1.55. The molecule has 0 amide bonds. The van der Waals surface area contributed by atoms with Gasteiger partial charge < -0.3 is 14.9 Å². The van der Waals surface area contributed by atoms with Crippen molar-refractivity contribution >= 4 is 35.1 Å². The van der Waals surface area contributed by atoms with Crippen LogP contribution in [0.15, 0.2) is 65.8 Å². The Hall–Kier alpha value is -3.29. The summed E-state index contributed by atoms with van der Waals surface area (Å²) in [6.45, 7) is 0.643. The third kappa shape index (κ3) is 6.10. The van der Waals surface area contributed by atoms with Crippen LogP contribution in [0, 0.1) is 10.1 Å². The number of halogens is 2. The van der Waals surface area contributed by atoms with Crippen LogP contribution in [0.3, 0.4) is 0 Å². The molecule has 3 aromatic rings. The lowest BCUT2D eigenvalue weighted by molar-refractivity contribution is -0.384. The van der Waals surface area contributed by atoms with Gasteiger partial charge in [-0.05, 0) is 53.6 Å². The van der Waals surface area contributed by atoms with Crippen molar-refractivity contribution in [2.75, 3.05) is 7.11 Å². The topological polar surface area (TPSA) is 86.0 Å². The van der Waals surface area contributed by atoms with E-state index in [0.29, 0.717) is 28.1 Å². The average molecular weight is 460 g/mol. The summed E-state index contributed by atoms with van der Waals surface area (Å²) >= 11 is 12.3. The maximum absolute atomic E-state index is 10.7. The number of non-ortho nitro benzene ring substituents is 1. The number of hydrogen-bond acceptors (Lipinski definition) is 6. The molecule has 160 valence electrons. The molecule has 0 radical (unpaired) electrons. The minimum absolute atomic E-state index is 0.0374. The summed E-state index contributed by atoms with van der Waals surface area (Å²) < 4.78 is 11.2. The number of hydrazone groups is 1. The van der Waals surface area contributed by atoms with Crippen LogP contribution in [-0.2, 0) is 13.2 Å². The summed E-state index contributed by atoms with van der Waals surface area (Å²) in [6.07, 6.45) is 1.65. The zero-order valence-corrected chi connectivity index (χ0v) is 18.1. The van der Waals surface area contributed by atoms with Crippen molar-refractivity contribution in [3.05, 3.63) is 97.5 Å². The van der Waals surface area contributed by atoms with E-state index in [2.05, 4.69) is 10.5 Å². The highest BCUT2D eigenvalue weighted by molar-refractivity contribution is 6.35. The van der Waals surface area contributed by atoms with Crippen LogP contribution in [0.2, 0.25) is 10.0 Å². The predicted octanol–water partition coefficient (Wildman–Crippen LogP) is 5.61. The SMILES string of the molecule is COc1cc(/C=N\NCc2c(Cl)cccc2Cl)ccc1OCc1ccc([N+](=O)[O-])cc1. The van der Waals surface area contributed by atoms with E-state index in [1.165, 1.54) is 12.1 Å². The van der Waals surface area contributed by atoms with Crippen molar-refractivity contribution in [1.29, 1.82) is 0 Å². The van der Waals surface area contributed by atoms with Crippen molar-refractivity contribution < 1.29 is 14.4 Å². The largest absolute Gasteiger partial charge is 0.493 e. The lowest BCUT2D eigenvalue weighted by atomic mass is 10.2. The van der Waals surface area contributed by atoms with Crippen LogP contribution < -0.4 is 14.9 Å². The van der Waals surface area contributed by atoms with Gasteiger partial charge in [0.1, 0.15) is 6.61 Å². The van der Waals surface area contributed by atoms with E-state index in [1.54, 1.807) is 55.8 Å². The standard InChI is InChI=1S/C22H19Cl2N3O4/c1-30-22-11-16(12-25-26-13-18-19(23)3-2-4-20(18)24)7-10-21(22)31-14-15-5-8-17(9-6-15)27(28)29/h2-12,26H,13-14H2,1H3/b25-12-. The summed E-state index contributed by atoms with van der Waals surface area (Å²) in [5.41, 5.74) is 5.34. The molecule has 9 heteroatoms. The maximum Gasteiger partial charge on any atom is 0.269 e. The van der Waals surface area contributed by atoms with E-state index < -0.39 is 4.92 Å². The lowest BCUT2D eigenvalue weighted by Gasteiger charge is -2.11. The van der Waals surface area contributed by atoms with E-state index in [4.69, 9.17) is 32.7 Å². The molecule has 0 aliphatic heterocycles. The fourth-order valence-electron chi connectivity index (χ4n) is 2.70. The van der Waals surface area contributed by atoms with Crippen molar-refractivity contribution in [3.8, 4) is 11.5 Å². The van der Waals surface area contributed by atoms with E-state index in [1.807, 2.05) is 6.07 Å². The first-order valence-corrected chi connectivity index (χ1v) is 9.96. The van der Waals surface area contributed by atoms with Crippen LogP contribution in [0.5, 0.6) is 11.5 Å². The number of nitrogens with one attached hydrogen (secondary N) is 1. The first-order chi connectivity index (χ1) is 15.0. The number of nitrogens with zero attached hydrogens (tertiary/aromatic N) is 2. The number of hydrogen-bond donors (Lipinski definition) is 1. The molecule has 0 heterocycles. The Bertz CT molecular complexity index is 1070. The minimum atomic E-state index is -0.439. The number of nitro groups is 1. The smallest absolute Gasteiger partial charge is 0.269 e. The molecule has 1 N–H and O–H groups in total. The molecule has 0 saturated carbocycles. The Morgan fingerprint density at radius 1 is 1.06 bits per heavy atom. The molecule has 0 unspecified atom stereocenters. The lowest BCUT2D eigenvalue weighted by Crippen LogP contribution is -2.06. The zero-order chi connectivity index (χ0) is 22.2. The average Bonchev–Trinajstić information content (AvgIpc) is 2.77. The molecule has 0 atom stereocenters. The normalized spacial score (nSPS) is 10.8. The van der Waals surface area contributed by atoms with Gasteiger partial charge in [0, 0.05) is 27.7 Å². The van der Waals surface area contributed by atoms with Crippen LogP contribution in [-0.4, -0.2) is 18.2 Å². The number of nitro benzene ring substituents is 1. The monoisotopic (exact) mass is 459 g/mol. The van der Waals surface area contributed by atoms with Gasteiger partial charge in [-0.15, -0.1) is 0 Å². The molecule has 31 heavy (non-hydrogen) atoms. The molecule has 7 nitrogen and oxygen atoms in total. The third-order valence-electron chi connectivity index (χ3n) is 4.35. The van der Waals surface area contributed by atoms with E-state index in [9.17, 15) is 10.1 Å². The van der Waals surface area contributed by atoms with Gasteiger partial charge in [-0.25, -0.2) is 0 Å². The second kappa shape index (κ2) is 10.7. The maximum atomic E-state index is 10.7. The highest BCUT2D eigenvalue weighted by Gasteiger charge is 2.08. The molecule has 0 spiro atoms. The molecule has 0 aliphatic carbocycles. The first kappa shape index (κ1) is 22.4. The van der Waals surface area contributed by atoms with Gasteiger partial charge in [0.05, 0.1) is 24.8 Å². The second-order valence-electron chi connectivity index (χ2n) is 6.42. The Kier molecular flexibility index (Phi) is 7.70.